The molecule has 2 aromatic rings. The molecule has 0 radical (unpaired) electrons. The summed E-state index contributed by atoms with van der Waals surface area (Å²) < 4.78 is 21.0. The van der Waals surface area contributed by atoms with Gasteiger partial charge in [-0.1, -0.05) is 0 Å². The van der Waals surface area contributed by atoms with E-state index in [1.807, 2.05) is 0 Å². The summed E-state index contributed by atoms with van der Waals surface area (Å²) in [5.41, 5.74) is 0. The monoisotopic (exact) mass is 260 g/mol. The lowest BCUT2D eigenvalue weighted by molar-refractivity contribution is 0.356. The molecule has 0 aliphatic heterocycles. The van der Waals surface area contributed by atoms with Gasteiger partial charge in [-0.3, -0.25) is 0 Å². The molecular weight excluding hydrogens is 247 g/mol. The Labute approximate surface area is 111 Å². The van der Waals surface area contributed by atoms with E-state index in [1.165, 1.54) is 14.2 Å². The highest BCUT2D eigenvalue weighted by Crippen LogP contribution is 2.24. The molecule has 19 heavy (non-hydrogen) atoms. The number of rotatable bonds is 6. The van der Waals surface area contributed by atoms with Crippen LogP contribution in [-0.4, -0.2) is 31.9 Å². The van der Waals surface area contributed by atoms with Crippen LogP contribution < -0.4 is 18.8 Å². The Morgan fingerprint density at radius 3 is 1.74 bits per heavy atom. The fourth-order valence-electron chi connectivity index (χ4n) is 1.43. The fraction of sp³-hybridized carbons (Fsp3) is 0.167. The second-order valence-electron chi connectivity index (χ2n) is 3.43. The Hall–Kier alpha value is -2.44. The van der Waals surface area contributed by atoms with Gasteiger partial charge < -0.3 is 18.8 Å². The molecule has 0 bridgehead atoms. The Balaban J connectivity index is 1.96. The number of aromatic nitrogens is 2. The van der Waals surface area contributed by atoms with Gasteiger partial charge in [0.1, 0.15) is 0 Å². The van der Waals surface area contributed by atoms with Gasteiger partial charge in [-0.05, 0) is 24.3 Å². The molecule has 2 heterocycles. The Morgan fingerprint density at radius 1 is 0.842 bits per heavy atom. The number of ether oxygens (including phenoxy) is 2. The summed E-state index contributed by atoms with van der Waals surface area (Å²) in [7, 11) is 3.06. The van der Waals surface area contributed by atoms with Gasteiger partial charge in [0.2, 0.25) is 0 Å². The van der Waals surface area contributed by atoms with Gasteiger partial charge in [-0.2, -0.15) is 0 Å². The molecule has 2 rings (SSSR count). The van der Waals surface area contributed by atoms with Gasteiger partial charge in [0.15, 0.2) is 11.5 Å². The predicted molar refractivity (Wildman–Crippen MR) is 70.0 cm³/mol. The van der Waals surface area contributed by atoms with Crippen molar-refractivity contribution in [3.63, 3.8) is 0 Å². The third-order valence-corrected chi connectivity index (χ3v) is 2.29. The molecule has 6 nitrogen and oxygen atoms in total. The van der Waals surface area contributed by atoms with Crippen molar-refractivity contribution in [1.82, 2.24) is 9.97 Å². The lowest BCUT2D eigenvalue weighted by atomic mass is 10.3. The van der Waals surface area contributed by atoms with Gasteiger partial charge in [0.05, 0.1) is 14.2 Å². The molecule has 0 saturated heterocycles. The molecule has 0 aromatic carbocycles. The molecule has 0 unspecified atom stereocenters. The van der Waals surface area contributed by atoms with Crippen molar-refractivity contribution in [2.45, 2.75) is 0 Å². The summed E-state index contributed by atoms with van der Waals surface area (Å²) in [6.45, 7) is 0. The molecule has 0 aliphatic rings. The maximum absolute atomic E-state index is 5.44. The molecular formula is C12H13BN2O4. The van der Waals surface area contributed by atoms with Gasteiger partial charge in [-0.25, -0.2) is 9.97 Å². The topological polar surface area (TPSA) is 62.7 Å². The number of methoxy groups -OCH3 is 2. The Bertz CT molecular complexity index is 491. The standard InChI is InChI=1S/C12H13BN2O4/c1-16-11-9(5-3-7-14-11)18-13-19-10-6-4-8-15-12(10)17-2/h3-8,13H,1-2H3. The van der Waals surface area contributed by atoms with Crippen LogP contribution in [0, 0.1) is 0 Å². The van der Waals surface area contributed by atoms with Crippen molar-refractivity contribution >= 4 is 7.69 Å². The highest BCUT2D eigenvalue weighted by Gasteiger charge is 2.09. The molecule has 7 heteroatoms. The first-order chi connectivity index (χ1) is 9.35. The number of nitrogens with zero attached hydrogens (tertiary/aromatic N) is 2. The molecule has 98 valence electrons. The third kappa shape index (κ3) is 3.28. The van der Waals surface area contributed by atoms with Crippen molar-refractivity contribution < 1.29 is 18.8 Å². The summed E-state index contributed by atoms with van der Waals surface area (Å²) in [5, 5.41) is 0. The normalized spacial score (nSPS) is 9.58. The van der Waals surface area contributed by atoms with E-state index in [2.05, 4.69) is 9.97 Å². The molecule has 0 atom stereocenters. The van der Waals surface area contributed by atoms with Crippen molar-refractivity contribution in [1.29, 1.82) is 0 Å². The summed E-state index contributed by atoms with van der Waals surface area (Å²) in [6.07, 6.45) is 3.24. The average Bonchev–Trinajstić information content (AvgIpc) is 2.48. The molecule has 0 N–H and O–H groups in total. The summed E-state index contributed by atoms with van der Waals surface area (Å²) >= 11 is 0. The third-order valence-electron chi connectivity index (χ3n) is 2.29. The molecule has 0 aliphatic carbocycles. The fourth-order valence-corrected chi connectivity index (χ4v) is 1.43. The molecule has 2 aromatic heterocycles. The van der Waals surface area contributed by atoms with Crippen molar-refractivity contribution in [3.05, 3.63) is 36.7 Å². The summed E-state index contributed by atoms with van der Waals surface area (Å²) in [6, 6.07) is 7.00. The van der Waals surface area contributed by atoms with E-state index in [0.29, 0.717) is 23.3 Å². The van der Waals surface area contributed by atoms with Crippen LogP contribution in [0.1, 0.15) is 0 Å². The van der Waals surface area contributed by atoms with Crippen LogP contribution in [0.25, 0.3) is 0 Å². The molecule has 0 fully saturated rings. The van der Waals surface area contributed by atoms with E-state index in [-0.39, 0.29) is 7.69 Å². The van der Waals surface area contributed by atoms with Crippen LogP contribution in [0.3, 0.4) is 0 Å². The Morgan fingerprint density at radius 2 is 1.32 bits per heavy atom. The van der Waals surface area contributed by atoms with Gasteiger partial charge in [0.25, 0.3) is 11.8 Å². The smallest absolute Gasteiger partial charge is 0.525 e. The zero-order chi connectivity index (χ0) is 13.5. The lowest BCUT2D eigenvalue weighted by Gasteiger charge is -2.11. The number of pyridine rings is 2. The summed E-state index contributed by atoms with van der Waals surface area (Å²) in [5.74, 6) is 1.83. The first-order valence-electron chi connectivity index (χ1n) is 5.58. The number of hydrogen-bond acceptors (Lipinski definition) is 6. The SMILES string of the molecule is COc1ncccc1OBOc1cccnc1OC. The molecule has 0 saturated carbocycles. The Kier molecular flexibility index (Phi) is 4.44. The minimum atomic E-state index is 0.00407. The van der Waals surface area contributed by atoms with Crippen molar-refractivity contribution in [2.24, 2.45) is 0 Å². The minimum absolute atomic E-state index is 0.00407. The van der Waals surface area contributed by atoms with E-state index < -0.39 is 0 Å². The van der Waals surface area contributed by atoms with Crippen LogP contribution in [0.15, 0.2) is 36.7 Å². The van der Waals surface area contributed by atoms with Crippen molar-refractivity contribution in [3.8, 4) is 23.3 Å². The van der Waals surface area contributed by atoms with Crippen LogP contribution in [0.4, 0.5) is 0 Å². The number of hydrogen-bond donors (Lipinski definition) is 0. The lowest BCUT2D eigenvalue weighted by Crippen LogP contribution is -2.12. The second kappa shape index (κ2) is 6.48. The summed E-state index contributed by atoms with van der Waals surface area (Å²) in [4.78, 5) is 8.03. The van der Waals surface area contributed by atoms with E-state index in [1.54, 1.807) is 36.7 Å². The predicted octanol–water partition coefficient (Wildman–Crippen LogP) is 1.22. The molecule has 0 spiro atoms. The highest BCUT2D eigenvalue weighted by molar-refractivity contribution is 6.21. The van der Waals surface area contributed by atoms with Crippen LogP contribution in [0.2, 0.25) is 0 Å². The first kappa shape index (κ1) is 13.0. The van der Waals surface area contributed by atoms with Crippen LogP contribution in [0.5, 0.6) is 23.3 Å². The molecule has 0 amide bonds. The maximum atomic E-state index is 5.44. The van der Waals surface area contributed by atoms with Crippen LogP contribution >= 0.6 is 0 Å². The van der Waals surface area contributed by atoms with E-state index in [9.17, 15) is 0 Å². The van der Waals surface area contributed by atoms with Gasteiger partial charge in [-0.15, -0.1) is 0 Å². The highest BCUT2D eigenvalue weighted by atomic mass is 16.6. The first-order valence-corrected chi connectivity index (χ1v) is 5.58. The van der Waals surface area contributed by atoms with Crippen molar-refractivity contribution in [2.75, 3.05) is 14.2 Å². The van der Waals surface area contributed by atoms with Gasteiger partial charge in [0, 0.05) is 12.4 Å². The quantitative estimate of drug-likeness (QED) is 0.727. The second-order valence-corrected chi connectivity index (χ2v) is 3.43. The largest absolute Gasteiger partial charge is 0.576 e. The van der Waals surface area contributed by atoms with E-state index in [4.69, 9.17) is 18.8 Å². The zero-order valence-corrected chi connectivity index (χ0v) is 10.7. The van der Waals surface area contributed by atoms with Crippen LogP contribution in [-0.2, 0) is 0 Å². The average molecular weight is 260 g/mol. The maximum Gasteiger partial charge on any atom is 0.576 e. The van der Waals surface area contributed by atoms with E-state index in [0.717, 1.165) is 0 Å². The zero-order valence-electron chi connectivity index (χ0n) is 10.7. The van der Waals surface area contributed by atoms with Gasteiger partial charge >= 0.3 is 7.69 Å². The minimum Gasteiger partial charge on any atom is -0.525 e. The van der Waals surface area contributed by atoms with E-state index >= 15 is 0 Å².